The van der Waals surface area contributed by atoms with Crippen LogP contribution in [0.4, 0.5) is 4.79 Å². The lowest BCUT2D eigenvalue weighted by Gasteiger charge is -2.07. The standard InChI is InChI=1S/C10H14N2O4S/c1-2-8-16-11-10(13)12-17(14,15)9-6-4-3-5-7-9/h3-7H,2,8H2,1H3,(H2,11,12,13). The third-order valence-corrected chi connectivity index (χ3v) is 3.10. The van der Waals surface area contributed by atoms with Crippen LogP contribution in [0.25, 0.3) is 0 Å². The highest BCUT2D eigenvalue weighted by atomic mass is 32.2. The van der Waals surface area contributed by atoms with E-state index in [1.807, 2.05) is 17.1 Å². The third-order valence-electron chi connectivity index (χ3n) is 1.75. The van der Waals surface area contributed by atoms with Crippen LogP contribution in [0.1, 0.15) is 13.3 Å². The third kappa shape index (κ3) is 4.41. The number of carbonyl (C=O) groups is 1. The molecule has 0 bridgehead atoms. The molecule has 1 aromatic carbocycles. The summed E-state index contributed by atoms with van der Waals surface area (Å²) in [6.45, 7) is 2.18. The maximum atomic E-state index is 11.6. The van der Waals surface area contributed by atoms with Crippen LogP contribution in [-0.2, 0) is 14.9 Å². The maximum Gasteiger partial charge on any atom is 0.352 e. The number of hydrogen-bond acceptors (Lipinski definition) is 4. The Balaban J connectivity index is 2.59. The van der Waals surface area contributed by atoms with Crippen molar-refractivity contribution in [1.29, 1.82) is 0 Å². The molecule has 0 atom stereocenters. The highest BCUT2D eigenvalue weighted by molar-refractivity contribution is 7.90. The summed E-state index contributed by atoms with van der Waals surface area (Å²) in [4.78, 5) is 15.9. The lowest BCUT2D eigenvalue weighted by Crippen LogP contribution is -2.39. The molecule has 0 aromatic heterocycles. The van der Waals surface area contributed by atoms with Gasteiger partial charge in [-0.05, 0) is 18.6 Å². The second kappa shape index (κ2) is 6.21. The Morgan fingerprint density at radius 2 is 1.94 bits per heavy atom. The van der Waals surface area contributed by atoms with E-state index >= 15 is 0 Å². The molecule has 0 heterocycles. The van der Waals surface area contributed by atoms with Crippen LogP contribution in [-0.4, -0.2) is 21.1 Å². The molecule has 6 nitrogen and oxygen atoms in total. The van der Waals surface area contributed by atoms with Crippen LogP contribution in [0, 0.1) is 0 Å². The van der Waals surface area contributed by atoms with Crippen LogP contribution in [0.15, 0.2) is 35.2 Å². The summed E-state index contributed by atoms with van der Waals surface area (Å²) < 4.78 is 25.1. The Kier molecular flexibility index (Phi) is 4.92. The zero-order valence-electron chi connectivity index (χ0n) is 9.34. The summed E-state index contributed by atoms with van der Waals surface area (Å²) in [7, 11) is -3.84. The first-order chi connectivity index (χ1) is 8.06. The van der Waals surface area contributed by atoms with Gasteiger partial charge in [-0.15, -0.1) is 0 Å². The summed E-state index contributed by atoms with van der Waals surface area (Å²) in [6.07, 6.45) is 0.714. The van der Waals surface area contributed by atoms with E-state index in [0.29, 0.717) is 13.0 Å². The Bertz CT molecular complexity index is 458. The van der Waals surface area contributed by atoms with Crippen molar-refractivity contribution in [2.24, 2.45) is 0 Å². The number of hydroxylamine groups is 1. The number of rotatable bonds is 5. The summed E-state index contributed by atoms with van der Waals surface area (Å²) in [5, 5.41) is 0. The molecule has 1 aromatic rings. The van der Waals surface area contributed by atoms with E-state index in [1.54, 1.807) is 18.2 Å². The average molecular weight is 258 g/mol. The lowest BCUT2D eigenvalue weighted by molar-refractivity contribution is 0.0636. The van der Waals surface area contributed by atoms with Crippen molar-refractivity contribution in [1.82, 2.24) is 10.2 Å². The van der Waals surface area contributed by atoms with Crippen LogP contribution in [0.3, 0.4) is 0 Å². The zero-order chi connectivity index (χ0) is 12.7. The average Bonchev–Trinajstić information content (AvgIpc) is 2.30. The molecule has 0 fully saturated rings. The van der Waals surface area contributed by atoms with E-state index < -0.39 is 16.1 Å². The highest BCUT2D eigenvalue weighted by Crippen LogP contribution is 2.06. The topological polar surface area (TPSA) is 84.5 Å². The second-order valence-corrected chi connectivity index (χ2v) is 4.88. The predicted molar refractivity (Wildman–Crippen MR) is 61.5 cm³/mol. The van der Waals surface area contributed by atoms with Gasteiger partial charge in [0.15, 0.2) is 0 Å². The van der Waals surface area contributed by atoms with Gasteiger partial charge in [-0.1, -0.05) is 25.1 Å². The molecule has 0 saturated heterocycles. The van der Waals surface area contributed by atoms with Crippen LogP contribution in [0.2, 0.25) is 0 Å². The molecule has 0 unspecified atom stereocenters. The van der Waals surface area contributed by atoms with Gasteiger partial charge in [0.05, 0.1) is 11.5 Å². The summed E-state index contributed by atoms with van der Waals surface area (Å²) in [5.74, 6) is 0. The Morgan fingerprint density at radius 1 is 1.29 bits per heavy atom. The van der Waals surface area contributed by atoms with E-state index in [1.165, 1.54) is 12.1 Å². The van der Waals surface area contributed by atoms with Gasteiger partial charge in [0.2, 0.25) is 0 Å². The zero-order valence-corrected chi connectivity index (χ0v) is 10.2. The van der Waals surface area contributed by atoms with Crippen LogP contribution >= 0.6 is 0 Å². The number of urea groups is 1. The van der Waals surface area contributed by atoms with Crippen LogP contribution < -0.4 is 10.2 Å². The van der Waals surface area contributed by atoms with E-state index in [4.69, 9.17) is 4.84 Å². The van der Waals surface area contributed by atoms with E-state index in [0.717, 1.165) is 0 Å². The maximum absolute atomic E-state index is 11.6. The van der Waals surface area contributed by atoms with Gasteiger partial charge in [0.25, 0.3) is 10.0 Å². The minimum atomic E-state index is -3.84. The number of benzene rings is 1. The van der Waals surface area contributed by atoms with Gasteiger partial charge in [-0.25, -0.2) is 23.4 Å². The molecule has 1 rings (SSSR count). The molecule has 0 spiro atoms. The summed E-state index contributed by atoms with van der Waals surface area (Å²) in [6, 6.07) is 6.69. The second-order valence-electron chi connectivity index (χ2n) is 3.20. The molecule has 0 aliphatic rings. The predicted octanol–water partition coefficient (Wildman–Crippen LogP) is 1.02. The summed E-state index contributed by atoms with van der Waals surface area (Å²) in [5.41, 5.74) is 1.98. The van der Waals surface area contributed by atoms with Crippen molar-refractivity contribution in [2.75, 3.05) is 6.61 Å². The van der Waals surface area contributed by atoms with Gasteiger partial charge in [0, 0.05) is 0 Å². The van der Waals surface area contributed by atoms with Crippen molar-refractivity contribution >= 4 is 16.1 Å². The molecule has 0 aliphatic heterocycles. The summed E-state index contributed by atoms with van der Waals surface area (Å²) >= 11 is 0. The first kappa shape index (κ1) is 13.5. The Labute approximate surface area is 100.0 Å². The number of carbonyl (C=O) groups excluding carboxylic acids is 1. The first-order valence-electron chi connectivity index (χ1n) is 5.06. The molecule has 0 saturated carbocycles. The van der Waals surface area contributed by atoms with E-state index in [9.17, 15) is 13.2 Å². The highest BCUT2D eigenvalue weighted by Gasteiger charge is 2.16. The van der Waals surface area contributed by atoms with Crippen molar-refractivity contribution in [2.45, 2.75) is 18.2 Å². The molecule has 2 N–H and O–H groups in total. The Hall–Kier alpha value is -1.60. The molecular weight excluding hydrogens is 244 g/mol. The van der Waals surface area contributed by atoms with Gasteiger partial charge >= 0.3 is 6.03 Å². The monoisotopic (exact) mass is 258 g/mol. The largest absolute Gasteiger partial charge is 0.352 e. The van der Waals surface area contributed by atoms with E-state index in [2.05, 4.69) is 0 Å². The molecule has 2 amide bonds. The number of amides is 2. The smallest absolute Gasteiger partial charge is 0.272 e. The normalized spacial score (nSPS) is 10.9. The number of nitrogens with one attached hydrogen (secondary N) is 2. The quantitative estimate of drug-likeness (QED) is 0.610. The number of sulfonamides is 1. The molecular formula is C10H14N2O4S. The van der Waals surface area contributed by atoms with Crippen LogP contribution in [0.5, 0.6) is 0 Å². The van der Waals surface area contributed by atoms with Crippen molar-refractivity contribution in [3.05, 3.63) is 30.3 Å². The van der Waals surface area contributed by atoms with E-state index in [-0.39, 0.29) is 4.90 Å². The van der Waals surface area contributed by atoms with Gasteiger partial charge in [0.1, 0.15) is 0 Å². The van der Waals surface area contributed by atoms with Gasteiger partial charge in [-0.2, -0.15) is 0 Å². The number of hydrogen-bond donors (Lipinski definition) is 2. The van der Waals surface area contributed by atoms with Crippen molar-refractivity contribution in [3.63, 3.8) is 0 Å². The van der Waals surface area contributed by atoms with Crippen molar-refractivity contribution in [3.8, 4) is 0 Å². The molecule has 17 heavy (non-hydrogen) atoms. The SMILES string of the molecule is CCCONC(=O)NS(=O)(=O)c1ccccc1. The minimum absolute atomic E-state index is 0.0191. The first-order valence-corrected chi connectivity index (χ1v) is 6.54. The fourth-order valence-electron chi connectivity index (χ4n) is 1.02. The fraction of sp³-hybridized carbons (Fsp3) is 0.300. The molecule has 94 valence electrons. The molecule has 0 aliphatic carbocycles. The molecule has 0 radical (unpaired) electrons. The van der Waals surface area contributed by atoms with Gasteiger partial charge < -0.3 is 0 Å². The van der Waals surface area contributed by atoms with Crippen molar-refractivity contribution < 1.29 is 18.0 Å². The molecule has 7 heteroatoms. The Morgan fingerprint density at radius 3 is 2.53 bits per heavy atom. The lowest BCUT2D eigenvalue weighted by atomic mass is 10.4. The minimum Gasteiger partial charge on any atom is -0.272 e. The van der Waals surface area contributed by atoms with Gasteiger partial charge in [-0.3, -0.25) is 4.84 Å². The fourth-order valence-corrected chi connectivity index (χ4v) is 1.94.